The molecule has 0 aliphatic carbocycles. The van der Waals surface area contributed by atoms with Crippen molar-refractivity contribution in [2.24, 2.45) is 11.3 Å². The summed E-state index contributed by atoms with van der Waals surface area (Å²) in [6.07, 6.45) is 2.73. The summed E-state index contributed by atoms with van der Waals surface area (Å²) in [7, 11) is 0. The number of nitrogens with zero attached hydrogens (tertiary/aromatic N) is 1. The molecule has 3 nitrogen and oxygen atoms in total. The summed E-state index contributed by atoms with van der Waals surface area (Å²) >= 11 is 0. The lowest BCUT2D eigenvalue weighted by Crippen LogP contribution is -2.49. The maximum absolute atomic E-state index is 13.0. The Morgan fingerprint density at radius 1 is 1.12 bits per heavy atom. The highest BCUT2D eigenvalue weighted by Gasteiger charge is 2.31. The van der Waals surface area contributed by atoms with Crippen LogP contribution in [-0.4, -0.2) is 29.4 Å². The van der Waals surface area contributed by atoms with Crippen LogP contribution >= 0.6 is 0 Å². The predicted octanol–water partition coefficient (Wildman–Crippen LogP) is 4.37. The molecule has 4 heteroatoms. The fraction of sp³-hybridized carbons (Fsp3) is 0.667. The van der Waals surface area contributed by atoms with Crippen LogP contribution in [0, 0.1) is 17.2 Å². The Morgan fingerprint density at radius 3 is 2.20 bits per heavy atom. The normalized spacial score (nSPS) is 17.5. The Morgan fingerprint density at radius 2 is 1.68 bits per heavy atom. The fourth-order valence-corrected chi connectivity index (χ4v) is 4.01. The van der Waals surface area contributed by atoms with Gasteiger partial charge in [0.05, 0.1) is 0 Å². The molecule has 0 aromatic heterocycles. The van der Waals surface area contributed by atoms with E-state index in [4.69, 9.17) is 0 Å². The van der Waals surface area contributed by atoms with Gasteiger partial charge < -0.3 is 5.32 Å². The number of benzene rings is 1. The molecule has 1 aliphatic rings. The third kappa shape index (κ3) is 6.77. The first-order valence-corrected chi connectivity index (χ1v) is 9.33. The van der Waals surface area contributed by atoms with Gasteiger partial charge in [0, 0.05) is 18.0 Å². The lowest BCUT2D eigenvalue weighted by Gasteiger charge is -2.36. The van der Waals surface area contributed by atoms with Crippen LogP contribution < -0.4 is 5.32 Å². The first-order valence-electron chi connectivity index (χ1n) is 9.33. The highest BCUT2D eigenvalue weighted by Crippen LogP contribution is 2.28. The summed E-state index contributed by atoms with van der Waals surface area (Å²) < 4.78 is 13.0. The number of carbonyl (C=O) groups is 1. The van der Waals surface area contributed by atoms with Crippen molar-refractivity contribution < 1.29 is 9.18 Å². The molecule has 0 spiro atoms. The molecule has 0 radical (unpaired) electrons. The van der Waals surface area contributed by atoms with E-state index >= 15 is 0 Å². The molecule has 0 unspecified atom stereocenters. The minimum atomic E-state index is -0.197. The summed E-state index contributed by atoms with van der Waals surface area (Å²) in [5, 5.41) is 3.25. The van der Waals surface area contributed by atoms with Gasteiger partial charge >= 0.3 is 0 Å². The van der Waals surface area contributed by atoms with E-state index in [2.05, 4.69) is 44.8 Å². The number of hydrogen-bond acceptors (Lipinski definition) is 2. The third-order valence-corrected chi connectivity index (χ3v) is 4.71. The van der Waals surface area contributed by atoms with Crippen molar-refractivity contribution in [2.45, 2.75) is 66.0 Å². The molecule has 0 atom stereocenters. The zero-order valence-electron chi connectivity index (χ0n) is 16.4. The van der Waals surface area contributed by atoms with Crippen molar-refractivity contribution >= 4 is 5.91 Å². The fourth-order valence-electron chi connectivity index (χ4n) is 4.01. The van der Waals surface area contributed by atoms with Crippen LogP contribution in [0.2, 0.25) is 0 Å². The van der Waals surface area contributed by atoms with Crippen LogP contribution in [0.4, 0.5) is 4.39 Å². The van der Waals surface area contributed by atoms with Gasteiger partial charge in [-0.2, -0.15) is 0 Å². The Kier molecular flexibility index (Phi) is 6.26. The van der Waals surface area contributed by atoms with E-state index in [1.165, 1.54) is 12.1 Å². The van der Waals surface area contributed by atoms with Gasteiger partial charge in [-0.3, -0.25) is 9.69 Å². The Bertz CT molecular complexity index is 567. The van der Waals surface area contributed by atoms with Crippen LogP contribution in [0.1, 0.15) is 59.4 Å². The van der Waals surface area contributed by atoms with E-state index in [-0.39, 0.29) is 28.6 Å². The van der Waals surface area contributed by atoms with E-state index in [9.17, 15) is 9.18 Å². The summed E-state index contributed by atoms with van der Waals surface area (Å²) in [4.78, 5) is 15.0. The largest absolute Gasteiger partial charge is 0.351 e. The van der Waals surface area contributed by atoms with E-state index < -0.39 is 0 Å². The number of rotatable bonds is 5. The topological polar surface area (TPSA) is 32.3 Å². The zero-order valence-corrected chi connectivity index (χ0v) is 16.4. The Labute approximate surface area is 152 Å². The van der Waals surface area contributed by atoms with Crippen LogP contribution in [0.3, 0.4) is 0 Å². The minimum Gasteiger partial charge on any atom is -0.351 e. The quantitative estimate of drug-likeness (QED) is 0.857. The van der Waals surface area contributed by atoms with E-state index in [1.54, 1.807) is 0 Å². The molecule has 1 aromatic carbocycles. The first-order chi connectivity index (χ1) is 11.5. The maximum Gasteiger partial charge on any atom is 0.223 e. The second kappa shape index (κ2) is 7.86. The van der Waals surface area contributed by atoms with Crippen LogP contribution in [0.15, 0.2) is 24.3 Å². The van der Waals surface area contributed by atoms with Crippen LogP contribution in [-0.2, 0) is 11.3 Å². The van der Waals surface area contributed by atoms with Gasteiger partial charge in [0.25, 0.3) is 0 Å². The molecule has 0 saturated carbocycles. The van der Waals surface area contributed by atoms with Crippen molar-refractivity contribution in [1.29, 1.82) is 0 Å². The molecule has 2 rings (SSSR count). The highest BCUT2D eigenvalue weighted by molar-refractivity contribution is 5.79. The summed E-state index contributed by atoms with van der Waals surface area (Å²) in [5.41, 5.74) is 1.13. The zero-order chi connectivity index (χ0) is 18.7. The number of likely N-dealkylation sites (tertiary alicyclic amines) is 1. The van der Waals surface area contributed by atoms with Crippen LogP contribution in [0.5, 0.6) is 0 Å². The Hall–Kier alpha value is -1.42. The average Bonchev–Trinajstić information content (AvgIpc) is 2.47. The van der Waals surface area contributed by atoms with Crippen molar-refractivity contribution in [3.63, 3.8) is 0 Å². The van der Waals surface area contributed by atoms with Gasteiger partial charge in [0.1, 0.15) is 5.82 Å². The summed E-state index contributed by atoms with van der Waals surface area (Å²) in [6, 6.07) is 6.69. The van der Waals surface area contributed by atoms with Gasteiger partial charge in [0.2, 0.25) is 5.91 Å². The number of piperidine rings is 1. The smallest absolute Gasteiger partial charge is 0.223 e. The maximum atomic E-state index is 13.0. The summed E-state index contributed by atoms with van der Waals surface area (Å²) in [6.45, 7) is 13.5. The molecular weight excluding hydrogens is 315 g/mol. The molecule has 1 amide bonds. The Balaban J connectivity index is 1.81. The molecule has 1 fully saturated rings. The van der Waals surface area contributed by atoms with Gasteiger partial charge in [-0.05, 0) is 69.3 Å². The number of halogens is 1. The second-order valence-corrected chi connectivity index (χ2v) is 9.29. The van der Waals surface area contributed by atoms with Gasteiger partial charge in [0.15, 0.2) is 0 Å². The number of carbonyl (C=O) groups excluding carboxylic acids is 1. The average molecular weight is 349 g/mol. The van der Waals surface area contributed by atoms with E-state index in [0.29, 0.717) is 0 Å². The molecule has 0 bridgehead atoms. The predicted molar refractivity (Wildman–Crippen MR) is 101 cm³/mol. The number of amides is 1. The lowest BCUT2D eigenvalue weighted by atomic mass is 9.81. The number of nitrogens with one attached hydrogen (secondary N) is 1. The summed E-state index contributed by atoms with van der Waals surface area (Å²) in [5.74, 6) is 0.0939. The van der Waals surface area contributed by atoms with Crippen molar-refractivity contribution in [2.75, 3.05) is 13.1 Å². The lowest BCUT2D eigenvalue weighted by molar-refractivity contribution is -0.128. The van der Waals surface area contributed by atoms with Crippen LogP contribution in [0.25, 0.3) is 0 Å². The molecule has 1 heterocycles. The highest BCUT2D eigenvalue weighted by atomic mass is 19.1. The molecule has 1 aliphatic heterocycles. The molecule has 1 N–H and O–H groups in total. The van der Waals surface area contributed by atoms with Gasteiger partial charge in [-0.1, -0.05) is 32.9 Å². The van der Waals surface area contributed by atoms with Gasteiger partial charge in [-0.15, -0.1) is 0 Å². The van der Waals surface area contributed by atoms with Crippen molar-refractivity contribution in [3.8, 4) is 0 Å². The molecular formula is C21H33FN2O. The van der Waals surface area contributed by atoms with E-state index in [0.717, 1.165) is 44.5 Å². The van der Waals surface area contributed by atoms with Gasteiger partial charge in [-0.25, -0.2) is 4.39 Å². The molecule has 25 heavy (non-hydrogen) atoms. The standard InChI is InChI=1S/C21H33FN2O/c1-20(2,3)15-21(4,5)23-19(25)17-10-12-24(13-11-17)14-16-6-8-18(22)9-7-16/h6-9,17H,10-15H2,1-5H3,(H,23,25). The first kappa shape index (κ1) is 19.9. The number of hydrogen-bond donors (Lipinski definition) is 1. The second-order valence-electron chi connectivity index (χ2n) is 9.29. The molecule has 140 valence electrons. The third-order valence-electron chi connectivity index (χ3n) is 4.71. The molecule has 1 aromatic rings. The van der Waals surface area contributed by atoms with Crippen molar-refractivity contribution in [1.82, 2.24) is 10.2 Å². The van der Waals surface area contributed by atoms with Crippen molar-refractivity contribution in [3.05, 3.63) is 35.6 Å². The SMILES string of the molecule is CC(C)(C)CC(C)(C)NC(=O)C1CCN(Cc2ccc(F)cc2)CC1. The monoisotopic (exact) mass is 348 g/mol. The van der Waals surface area contributed by atoms with E-state index in [1.807, 2.05) is 12.1 Å². The minimum absolute atomic E-state index is 0.101. The molecule has 1 saturated heterocycles.